The average molecular weight is 822 g/mol. The highest BCUT2D eigenvalue weighted by Crippen LogP contribution is 2.63. The summed E-state index contributed by atoms with van der Waals surface area (Å²) in [5.41, 5.74) is -2.30. The van der Waals surface area contributed by atoms with E-state index in [0.717, 1.165) is 96.6 Å². The molecule has 0 spiro atoms. The number of ether oxygens (including phenoxy) is 3. The standard InChI is InChI=1S/C52H87NO6/c1-5-9-11-13-15-17-19-21-23-25-27-29-31-33-35-37-47(54)57-50-39-46-40-51(43-50,45-52(41-46,44-50)59-49(56)42-53(7-3)8-4)58-48(55)38-36-34-32-30-28-26-24-22-20-18-16-14-12-10-6-2/h15-18,21-24,46H,5-14,19-20,25-45H2,1-4H3/b17-15-,18-16-,23-21-,24-22-. The molecule has 7 nitrogen and oxygen atoms in total. The molecule has 0 aromatic carbocycles. The van der Waals surface area contributed by atoms with E-state index in [4.69, 9.17) is 14.2 Å². The lowest BCUT2D eigenvalue weighted by molar-refractivity contribution is -0.272. The van der Waals surface area contributed by atoms with Crippen LogP contribution in [0.1, 0.15) is 220 Å². The van der Waals surface area contributed by atoms with E-state index in [1.54, 1.807) is 0 Å². The van der Waals surface area contributed by atoms with Crippen LogP contribution < -0.4 is 0 Å². The van der Waals surface area contributed by atoms with Gasteiger partial charge in [0.15, 0.2) is 0 Å². The van der Waals surface area contributed by atoms with Gasteiger partial charge in [0.1, 0.15) is 16.8 Å². The second kappa shape index (κ2) is 29.6. The van der Waals surface area contributed by atoms with Crippen LogP contribution in [0, 0.1) is 5.92 Å². The number of hydrogen-bond acceptors (Lipinski definition) is 7. The van der Waals surface area contributed by atoms with Gasteiger partial charge in [0.25, 0.3) is 0 Å². The van der Waals surface area contributed by atoms with Crippen molar-refractivity contribution in [3.63, 3.8) is 0 Å². The van der Waals surface area contributed by atoms with E-state index in [-0.39, 0.29) is 30.4 Å². The van der Waals surface area contributed by atoms with Gasteiger partial charge < -0.3 is 14.2 Å². The minimum Gasteiger partial charge on any atom is -0.459 e. The van der Waals surface area contributed by atoms with E-state index >= 15 is 0 Å². The molecular formula is C52H87NO6. The zero-order valence-corrected chi connectivity index (χ0v) is 38.4. The molecular weight excluding hydrogens is 735 g/mol. The van der Waals surface area contributed by atoms with Crippen LogP contribution >= 0.6 is 0 Å². The summed E-state index contributed by atoms with van der Waals surface area (Å²) in [7, 11) is 0. The molecule has 4 bridgehead atoms. The number of unbranched alkanes of at least 4 members (excludes halogenated alkanes) is 16. The molecule has 0 N–H and O–H groups in total. The highest BCUT2D eigenvalue weighted by atomic mass is 16.6. The predicted molar refractivity (Wildman–Crippen MR) is 244 cm³/mol. The normalized spacial score (nSPS) is 23.8. The van der Waals surface area contributed by atoms with E-state index in [9.17, 15) is 14.4 Å². The highest BCUT2D eigenvalue weighted by Gasteiger charge is 2.68. The summed E-state index contributed by atoms with van der Waals surface area (Å²) in [6.45, 7) is 10.4. The van der Waals surface area contributed by atoms with Crippen molar-refractivity contribution >= 4 is 17.9 Å². The topological polar surface area (TPSA) is 82.1 Å². The second-order valence-corrected chi connectivity index (χ2v) is 18.4. The first kappa shape index (κ1) is 50.7. The van der Waals surface area contributed by atoms with Crippen molar-refractivity contribution in [2.24, 2.45) is 5.92 Å². The molecule has 0 amide bonds. The molecule has 4 fully saturated rings. The van der Waals surface area contributed by atoms with Gasteiger partial charge in [-0.2, -0.15) is 0 Å². The van der Waals surface area contributed by atoms with Crippen LogP contribution in [0.3, 0.4) is 0 Å². The number of allylic oxidation sites excluding steroid dienone is 8. The maximum absolute atomic E-state index is 13.4. The SMILES string of the molecule is CCCCC/C=C\C/C=C\CCCCCCCC(=O)OC12CC3CC(OC(=O)CCCCCCC/C=C\C/C=C\CCCCC)(C1)CC(OC(=O)CN(CC)CC)(C3)C2. The summed E-state index contributed by atoms with van der Waals surface area (Å²) in [4.78, 5) is 42.3. The Bertz CT molecular complexity index is 1220. The Morgan fingerprint density at radius 3 is 1.17 bits per heavy atom. The summed E-state index contributed by atoms with van der Waals surface area (Å²) in [6.07, 6.45) is 47.9. The molecule has 0 aromatic heterocycles. The first-order valence-corrected chi connectivity index (χ1v) is 24.7. The van der Waals surface area contributed by atoms with Crippen molar-refractivity contribution in [3.05, 3.63) is 48.6 Å². The molecule has 4 aliphatic carbocycles. The van der Waals surface area contributed by atoms with E-state index < -0.39 is 16.8 Å². The van der Waals surface area contributed by atoms with Crippen molar-refractivity contribution in [2.75, 3.05) is 19.6 Å². The molecule has 4 rings (SSSR count). The van der Waals surface area contributed by atoms with Crippen molar-refractivity contribution in [2.45, 2.75) is 237 Å². The van der Waals surface area contributed by atoms with Gasteiger partial charge >= 0.3 is 17.9 Å². The molecule has 2 atom stereocenters. The average Bonchev–Trinajstić information content (AvgIpc) is 3.18. The minimum atomic E-state index is -0.775. The first-order valence-electron chi connectivity index (χ1n) is 24.7. The lowest BCUT2D eigenvalue weighted by Gasteiger charge is -2.63. The van der Waals surface area contributed by atoms with Crippen molar-refractivity contribution in [1.29, 1.82) is 0 Å². The summed E-state index contributed by atoms with van der Waals surface area (Å²) >= 11 is 0. The van der Waals surface area contributed by atoms with Crippen LogP contribution in [0.15, 0.2) is 48.6 Å². The first-order chi connectivity index (χ1) is 28.7. The van der Waals surface area contributed by atoms with Crippen molar-refractivity contribution < 1.29 is 28.6 Å². The van der Waals surface area contributed by atoms with Crippen LogP contribution in [0.5, 0.6) is 0 Å². The van der Waals surface area contributed by atoms with Crippen LogP contribution in [0.4, 0.5) is 0 Å². The molecule has 7 heteroatoms. The van der Waals surface area contributed by atoms with Gasteiger partial charge in [0.05, 0.1) is 6.54 Å². The summed E-state index contributed by atoms with van der Waals surface area (Å²) in [6, 6.07) is 0. The van der Waals surface area contributed by atoms with E-state index in [0.29, 0.717) is 32.1 Å². The fraction of sp³-hybridized carbons (Fsp3) is 0.788. The van der Waals surface area contributed by atoms with Gasteiger partial charge in [-0.25, -0.2) is 0 Å². The van der Waals surface area contributed by atoms with Gasteiger partial charge in [-0.3, -0.25) is 19.3 Å². The summed E-state index contributed by atoms with van der Waals surface area (Å²) in [5, 5.41) is 0. The van der Waals surface area contributed by atoms with E-state index in [1.165, 1.54) is 77.0 Å². The Hall–Kier alpha value is -2.67. The number of hydrogen-bond donors (Lipinski definition) is 0. The maximum Gasteiger partial charge on any atom is 0.320 e. The van der Waals surface area contributed by atoms with Gasteiger partial charge in [0.2, 0.25) is 0 Å². The molecule has 336 valence electrons. The lowest BCUT2D eigenvalue weighted by Crippen LogP contribution is -2.69. The molecule has 0 aromatic rings. The Morgan fingerprint density at radius 1 is 0.458 bits per heavy atom. The second-order valence-electron chi connectivity index (χ2n) is 18.4. The third-order valence-corrected chi connectivity index (χ3v) is 12.8. The smallest absolute Gasteiger partial charge is 0.320 e. The van der Waals surface area contributed by atoms with Crippen LogP contribution in [0.25, 0.3) is 0 Å². The monoisotopic (exact) mass is 822 g/mol. The van der Waals surface area contributed by atoms with Crippen LogP contribution in [-0.2, 0) is 28.6 Å². The lowest BCUT2D eigenvalue weighted by atomic mass is 9.50. The molecule has 0 saturated heterocycles. The molecule has 0 radical (unpaired) electrons. The molecule has 2 unspecified atom stereocenters. The number of likely N-dealkylation sites (N-methyl/N-ethyl adjacent to an activating group) is 1. The largest absolute Gasteiger partial charge is 0.459 e. The Labute approximate surface area is 361 Å². The predicted octanol–water partition coefficient (Wildman–Crippen LogP) is 13.8. The Balaban J connectivity index is 1.43. The number of carbonyl (C=O) groups excluding carboxylic acids is 3. The zero-order valence-electron chi connectivity index (χ0n) is 38.4. The van der Waals surface area contributed by atoms with Crippen molar-refractivity contribution in [1.82, 2.24) is 4.90 Å². The minimum absolute atomic E-state index is 0.172. The van der Waals surface area contributed by atoms with E-state index in [1.807, 2.05) is 13.8 Å². The number of rotatable bonds is 35. The zero-order chi connectivity index (χ0) is 42.5. The summed E-state index contributed by atoms with van der Waals surface area (Å²) < 4.78 is 19.3. The van der Waals surface area contributed by atoms with Crippen LogP contribution in [-0.4, -0.2) is 59.2 Å². The van der Waals surface area contributed by atoms with Gasteiger partial charge in [-0.1, -0.05) is 141 Å². The fourth-order valence-corrected chi connectivity index (χ4v) is 10.2. The number of nitrogens with zero attached hydrogens (tertiary/aromatic N) is 1. The molecule has 0 heterocycles. The highest BCUT2D eigenvalue weighted by molar-refractivity contribution is 5.73. The van der Waals surface area contributed by atoms with Gasteiger partial charge in [0, 0.05) is 32.1 Å². The molecule has 59 heavy (non-hydrogen) atoms. The van der Waals surface area contributed by atoms with Crippen LogP contribution in [0.2, 0.25) is 0 Å². The van der Waals surface area contributed by atoms with E-state index in [2.05, 4.69) is 67.4 Å². The fourth-order valence-electron chi connectivity index (χ4n) is 10.2. The molecule has 4 aliphatic rings. The Kier molecular flexibility index (Phi) is 25.4. The third-order valence-electron chi connectivity index (χ3n) is 12.8. The molecule has 0 aliphatic heterocycles. The quantitative estimate of drug-likeness (QED) is 0.0272. The summed E-state index contributed by atoms with van der Waals surface area (Å²) in [5.74, 6) is -0.406. The third kappa shape index (κ3) is 20.6. The van der Waals surface area contributed by atoms with Crippen molar-refractivity contribution in [3.8, 4) is 0 Å². The maximum atomic E-state index is 13.4. The van der Waals surface area contributed by atoms with Gasteiger partial charge in [-0.05, 0) is 115 Å². The van der Waals surface area contributed by atoms with Gasteiger partial charge in [-0.15, -0.1) is 0 Å². The number of carbonyl (C=O) groups is 3. The Morgan fingerprint density at radius 2 is 0.797 bits per heavy atom. The number of esters is 3. The molecule has 4 saturated carbocycles.